The molecule has 4 aromatic rings. The van der Waals surface area contributed by atoms with Crippen LogP contribution in [0.2, 0.25) is 0 Å². The quantitative estimate of drug-likeness (QED) is 0.387. The zero-order valence-electron chi connectivity index (χ0n) is 15.3. The molecule has 0 amide bonds. The Labute approximate surface area is 166 Å². The summed E-state index contributed by atoms with van der Waals surface area (Å²) >= 11 is 0. The Hall–Kier alpha value is -3.22. The Morgan fingerprint density at radius 3 is 1.75 bits per heavy atom. The molecule has 0 saturated heterocycles. The monoisotopic (exact) mass is 381 g/mol. The Morgan fingerprint density at radius 1 is 0.607 bits per heavy atom. The first-order valence-electron chi connectivity index (χ1n) is 9.13. The molecule has 0 saturated carbocycles. The Kier molecular flexibility index (Phi) is 5.61. The maximum absolute atomic E-state index is 9.46. The molecule has 0 heterocycles. The summed E-state index contributed by atoms with van der Waals surface area (Å²) in [4.78, 5) is 4.62. The van der Waals surface area contributed by atoms with Gasteiger partial charge in [0.2, 0.25) is 0 Å². The maximum Gasteiger partial charge on any atom is 0.115 e. The van der Waals surface area contributed by atoms with E-state index in [1.807, 2.05) is 24.4 Å². The number of hydrogen-bond acceptors (Lipinski definition) is 2. The maximum atomic E-state index is 9.46. The van der Waals surface area contributed by atoms with Gasteiger partial charge in [0.25, 0.3) is 0 Å². The van der Waals surface area contributed by atoms with Gasteiger partial charge in [-0.25, -0.2) is 0 Å². The van der Waals surface area contributed by atoms with Crippen LogP contribution in [0.15, 0.2) is 114 Å². The van der Waals surface area contributed by atoms with Crippen molar-refractivity contribution in [2.45, 2.75) is 0 Å². The number of aliphatic imine (C=N–C) groups is 1. The number of rotatable bonds is 5. The Bertz CT molecular complexity index is 1020. The lowest BCUT2D eigenvalue weighted by Crippen LogP contribution is -2.23. The van der Waals surface area contributed by atoms with Crippen molar-refractivity contribution in [3.63, 3.8) is 0 Å². The molecule has 0 unspecified atom stereocenters. The fourth-order valence-corrected chi connectivity index (χ4v) is 5.49. The van der Waals surface area contributed by atoms with Crippen molar-refractivity contribution in [2.24, 2.45) is 4.99 Å². The molecule has 1 N–H and O–H groups in total. The minimum absolute atomic E-state index is 0.246. The molecule has 28 heavy (non-hydrogen) atoms. The van der Waals surface area contributed by atoms with Gasteiger partial charge in [0.15, 0.2) is 0 Å². The molecule has 0 bridgehead atoms. The highest BCUT2D eigenvalue weighted by Gasteiger charge is 2.18. The van der Waals surface area contributed by atoms with Crippen LogP contribution in [-0.2, 0) is 0 Å². The van der Waals surface area contributed by atoms with Gasteiger partial charge < -0.3 is 5.11 Å². The Balaban J connectivity index is 1.78. The average Bonchev–Trinajstić information content (AvgIpc) is 2.76. The molecule has 0 aliphatic rings. The lowest BCUT2D eigenvalue weighted by atomic mass is 10.2. The average molecular weight is 381 g/mol. The van der Waals surface area contributed by atoms with Gasteiger partial charge in [0, 0.05) is 11.8 Å². The van der Waals surface area contributed by atoms with Crippen LogP contribution >= 0.6 is 7.92 Å². The van der Waals surface area contributed by atoms with Crippen molar-refractivity contribution in [1.82, 2.24) is 0 Å². The summed E-state index contributed by atoms with van der Waals surface area (Å²) in [5, 5.41) is 13.4. The summed E-state index contributed by atoms with van der Waals surface area (Å²) in [6.45, 7) is 0. The lowest BCUT2D eigenvalue weighted by molar-refractivity contribution is 0.475. The van der Waals surface area contributed by atoms with Crippen molar-refractivity contribution < 1.29 is 5.11 Å². The van der Waals surface area contributed by atoms with Crippen LogP contribution in [0, 0.1) is 0 Å². The molecule has 0 spiro atoms. The molecule has 4 rings (SSSR count). The summed E-state index contributed by atoms with van der Waals surface area (Å²) in [5.41, 5.74) is 1.92. The van der Waals surface area contributed by atoms with Gasteiger partial charge in [0.05, 0.1) is 5.69 Å². The third-order valence-electron chi connectivity index (χ3n) is 4.41. The molecule has 136 valence electrons. The predicted molar refractivity (Wildman–Crippen MR) is 121 cm³/mol. The van der Waals surface area contributed by atoms with E-state index in [0.717, 1.165) is 11.3 Å². The number of phenolic OH excluding ortho intramolecular Hbond substituents is 1. The zero-order chi connectivity index (χ0) is 19.2. The van der Waals surface area contributed by atoms with E-state index in [1.54, 1.807) is 12.1 Å². The van der Waals surface area contributed by atoms with Gasteiger partial charge in [-0.2, -0.15) is 0 Å². The first-order chi connectivity index (χ1) is 13.8. The van der Waals surface area contributed by atoms with Crippen molar-refractivity contribution in [1.29, 1.82) is 0 Å². The highest BCUT2D eigenvalue weighted by atomic mass is 31.1. The van der Waals surface area contributed by atoms with Crippen LogP contribution in [0.4, 0.5) is 5.69 Å². The van der Waals surface area contributed by atoms with Gasteiger partial charge in [-0.1, -0.05) is 84.9 Å². The van der Waals surface area contributed by atoms with Crippen molar-refractivity contribution in [3.05, 3.63) is 115 Å². The van der Waals surface area contributed by atoms with Crippen molar-refractivity contribution >= 4 is 35.7 Å². The molecule has 0 fully saturated rings. The fourth-order valence-electron chi connectivity index (χ4n) is 3.06. The van der Waals surface area contributed by atoms with Crippen LogP contribution in [0.3, 0.4) is 0 Å². The molecule has 2 nitrogen and oxygen atoms in total. The normalized spacial score (nSPS) is 11.2. The lowest BCUT2D eigenvalue weighted by Gasteiger charge is -2.21. The summed E-state index contributed by atoms with van der Waals surface area (Å²) < 4.78 is 0. The summed E-state index contributed by atoms with van der Waals surface area (Å²) in [6, 6.07) is 36.7. The molecule has 0 aromatic heterocycles. The number of nitrogens with zero attached hydrogens (tertiary/aromatic N) is 1. The molecule has 0 aliphatic heterocycles. The summed E-state index contributed by atoms with van der Waals surface area (Å²) in [6.07, 6.45) is 1.92. The van der Waals surface area contributed by atoms with E-state index in [0.29, 0.717) is 0 Å². The number of hydrogen-bond donors (Lipinski definition) is 1. The minimum Gasteiger partial charge on any atom is -0.508 e. The van der Waals surface area contributed by atoms with E-state index in [9.17, 15) is 5.11 Å². The number of benzene rings is 4. The minimum atomic E-state index is -0.684. The highest BCUT2D eigenvalue weighted by Crippen LogP contribution is 2.33. The van der Waals surface area contributed by atoms with Gasteiger partial charge in [0.1, 0.15) is 5.75 Å². The summed E-state index contributed by atoms with van der Waals surface area (Å²) in [7, 11) is -0.684. The second-order valence-electron chi connectivity index (χ2n) is 6.34. The topological polar surface area (TPSA) is 32.6 Å². The standard InChI is InChI=1S/C25H20NOP/c27-22-17-15-21(16-18-22)26-19-20-9-7-8-14-25(20)28(23-10-3-1-4-11-23)24-12-5-2-6-13-24/h1-19,27H. The van der Waals surface area contributed by atoms with Gasteiger partial charge in [-0.05, 0) is 48.1 Å². The third-order valence-corrected chi connectivity index (χ3v) is 6.93. The van der Waals surface area contributed by atoms with Crippen molar-refractivity contribution in [2.75, 3.05) is 0 Å². The summed E-state index contributed by atoms with van der Waals surface area (Å²) in [5.74, 6) is 0.246. The van der Waals surface area contributed by atoms with E-state index in [-0.39, 0.29) is 5.75 Å². The van der Waals surface area contributed by atoms with Gasteiger partial charge in [-0.15, -0.1) is 0 Å². The van der Waals surface area contributed by atoms with E-state index < -0.39 is 7.92 Å². The second kappa shape index (κ2) is 8.65. The number of aromatic hydroxyl groups is 1. The first kappa shape index (κ1) is 18.2. The van der Waals surface area contributed by atoms with Gasteiger partial charge >= 0.3 is 0 Å². The van der Waals surface area contributed by atoms with Crippen LogP contribution < -0.4 is 15.9 Å². The third kappa shape index (κ3) is 4.19. The molecule has 0 atom stereocenters. The van der Waals surface area contributed by atoms with Crippen LogP contribution in [0.25, 0.3) is 0 Å². The smallest absolute Gasteiger partial charge is 0.115 e. The van der Waals surface area contributed by atoms with Crippen LogP contribution in [0.1, 0.15) is 5.56 Å². The van der Waals surface area contributed by atoms with E-state index >= 15 is 0 Å². The van der Waals surface area contributed by atoms with E-state index in [1.165, 1.54) is 15.9 Å². The number of phenols is 1. The van der Waals surface area contributed by atoms with E-state index in [2.05, 4.69) is 83.9 Å². The Morgan fingerprint density at radius 2 is 1.14 bits per heavy atom. The molecule has 0 aliphatic carbocycles. The van der Waals surface area contributed by atoms with Crippen LogP contribution in [0.5, 0.6) is 5.75 Å². The SMILES string of the molecule is Oc1ccc(N=Cc2ccccc2P(c2ccccc2)c2ccccc2)cc1. The largest absolute Gasteiger partial charge is 0.508 e. The zero-order valence-corrected chi connectivity index (χ0v) is 16.2. The molecular formula is C25H20NOP. The highest BCUT2D eigenvalue weighted by molar-refractivity contribution is 7.80. The van der Waals surface area contributed by atoms with Gasteiger partial charge in [-0.3, -0.25) is 4.99 Å². The molecule has 3 heteroatoms. The van der Waals surface area contributed by atoms with Crippen molar-refractivity contribution in [3.8, 4) is 5.75 Å². The van der Waals surface area contributed by atoms with Crippen LogP contribution in [-0.4, -0.2) is 11.3 Å². The fraction of sp³-hybridized carbons (Fsp3) is 0. The first-order valence-corrected chi connectivity index (χ1v) is 10.5. The predicted octanol–water partition coefficient (Wildman–Crippen LogP) is 4.90. The molecular weight excluding hydrogens is 361 g/mol. The molecule has 4 aromatic carbocycles. The molecule has 0 radical (unpaired) electrons. The second-order valence-corrected chi connectivity index (χ2v) is 8.53. The van der Waals surface area contributed by atoms with E-state index in [4.69, 9.17) is 0 Å².